The molecule has 0 atom stereocenters. The van der Waals surface area contributed by atoms with E-state index in [0.29, 0.717) is 44.9 Å². The van der Waals surface area contributed by atoms with Gasteiger partial charge < -0.3 is 4.74 Å². The van der Waals surface area contributed by atoms with Crippen LogP contribution in [0.4, 0.5) is 0 Å². The summed E-state index contributed by atoms with van der Waals surface area (Å²) in [7, 11) is -3.35. The van der Waals surface area contributed by atoms with Crippen molar-refractivity contribution in [2.24, 2.45) is 0 Å². The number of hydrogen-bond donors (Lipinski definition) is 1. The van der Waals surface area contributed by atoms with Gasteiger partial charge in [0.15, 0.2) is 0 Å². The smallest absolute Gasteiger partial charge is 0.279 e. The molecule has 0 radical (unpaired) electrons. The van der Waals surface area contributed by atoms with Crippen LogP contribution < -0.4 is 4.72 Å². The third-order valence-electron chi connectivity index (χ3n) is 3.29. The SMILES string of the molecule is CC(C)N(CCNS(=O)(=O)N1CCOCC1)C(C)C. The third kappa shape index (κ3) is 5.35. The maximum Gasteiger partial charge on any atom is 0.279 e. The predicted octanol–water partition coefficient (Wildman–Crippen LogP) is 0.272. The van der Waals surface area contributed by atoms with Crippen LogP contribution in [0.15, 0.2) is 0 Å². The summed E-state index contributed by atoms with van der Waals surface area (Å²) < 4.78 is 33.4. The molecule has 6 nitrogen and oxygen atoms in total. The molecule has 0 amide bonds. The predicted molar refractivity (Wildman–Crippen MR) is 76.3 cm³/mol. The first-order chi connectivity index (χ1) is 8.84. The van der Waals surface area contributed by atoms with E-state index in [4.69, 9.17) is 4.74 Å². The van der Waals surface area contributed by atoms with E-state index in [9.17, 15) is 8.42 Å². The molecule has 0 saturated carbocycles. The Bertz CT molecular complexity index is 343. The molecule has 1 heterocycles. The van der Waals surface area contributed by atoms with Crippen molar-refractivity contribution in [2.75, 3.05) is 39.4 Å². The summed E-state index contributed by atoms with van der Waals surface area (Å²) >= 11 is 0. The Morgan fingerprint density at radius 2 is 1.68 bits per heavy atom. The van der Waals surface area contributed by atoms with E-state index in [1.165, 1.54) is 4.31 Å². The maximum absolute atomic E-state index is 12.0. The summed E-state index contributed by atoms with van der Waals surface area (Å²) in [6.45, 7) is 11.5. The van der Waals surface area contributed by atoms with Crippen molar-refractivity contribution in [2.45, 2.75) is 39.8 Å². The molecule has 1 aliphatic heterocycles. The van der Waals surface area contributed by atoms with Gasteiger partial charge in [0.1, 0.15) is 0 Å². The highest BCUT2D eigenvalue weighted by molar-refractivity contribution is 7.87. The summed E-state index contributed by atoms with van der Waals surface area (Å²) in [6.07, 6.45) is 0. The van der Waals surface area contributed by atoms with Gasteiger partial charge in [-0.3, -0.25) is 4.90 Å². The molecule has 1 aliphatic rings. The first-order valence-corrected chi connectivity index (χ1v) is 8.37. The standard InChI is InChI=1S/C12H27N3O3S/c1-11(2)15(12(3)4)6-5-13-19(16,17)14-7-9-18-10-8-14/h11-13H,5-10H2,1-4H3. The van der Waals surface area contributed by atoms with Crippen molar-refractivity contribution < 1.29 is 13.2 Å². The molecule has 19 heavy (non-hydrogen) atoms. The molecule has 0 aromatic carbocycles. The van der Waals surface area contributed by atoms with E-state index >= 15 is 0 Å². The number of morpholine rings is 1. The molecule has 1 rings (SSSR count). The second-order valence-corrected chi connectivity index (χ2v) is 7.09. The van der Waals surface area contributed by atoms with Crippen molar-refractivity contribution >= 4 is 10.2 Å². The van der Waals surface area contributed by atoms with Gasteiger partial charge in [0.05, 0.1) is 13.2 Å². The van der Waals surface area contributed by atoms with Crippen molar-refractivity contribution in [3.63, 3.8) is 0 Å². The summed E-state index contributed by atoms with van der Waals surface area (Å²) in [4.78, 5) is 2.27. The molecule has 0 aliphatic carbocycles. The Morgan fingerprint density at radius 1 is 1.16 bits per heavy atom. The van der Waals surface area contributed by atoms with Crippen LogP contribution in [0.1, 0.15) is 27.7 Å². The molecule has 0 spiro atoms. The van der Waals surface area contributed by atoms with Gasteiger partial charge in [-0.25, -0.2) is 4.72 Å². The monoisotopic (exact) mass is 293 g/mol. The average Bonchev–Trinajstić information content (AvgIpc) is 2.34. The van der Waals surface area contributed by atoms with E-state index in [0.717, 1.165) is 6.54 Å². The lowest BCUT2D eigenvalue weighted by Gasteiger charge is -2.31. The Labute approximate surface area is 117 Å². The van der Waals surface area contributed by atoms with Crippen molar-refractivity contribution in [1.82, 2.24) is 13.9 Å². The molecule has 1 fully saturated rings. The first-order valence-electron chi connectivity index (χ1n) is 6.93. The lowest BCUT2D eigenvalue weighted by molar-refractivity contribution is 0.0724. The summed E-state index contributed by atoms with van der Waals surface area (Å²) in [5.41, 5.74) is 0. The molecule has 0 aromatic heterocycles. The molecular weight excluding hydrogens is 266 g/mol. The summed E-state index contributed by atoms with van der Waals surface area (Å²) in [5.74, 6) is 0. The van der Waals surface area contributed by atoms with Crippen LogP contribution in [-0.4, -0.2) is 69.1 Å². The van der Waals surface area contributed by atoms with Crippen LogP contribution in [0.5, 0.6) is 0 Å². The van der Waals surface area contributed by atoms with Crippen LogP contribution in [0, 0.1) is 0 Å². The van der Waals surface area contributed by atoms with Crippen LogP contribution in [-0.2, 0) is 14.9 Å². The highest BCUT2D eigenvalue weighted by Gasteiger charge is 2.24. The minimum atomic E-state index is -3.35. The Kier molecular flexibility index (Phi) is 6.68. The molecule has 7 heteroatoms. The maximum atomic E-state index is 12.0. The second kappa shape index (κ2) is 7.54. The van der Waals surface area contributed by atoms with E-state index in [1.807, 2.05) is 0 Å². The fraction of sp³-hybridized carbons (Fsp3) is 1.00. The van der Waals surface area contributed by atoms with Crippen LogP contribution in [0.2, 0.25) is 0 Å². The molecule has 0 bridgehead atoms. The van der Waals surface area contributed by atoms with Crippen molar-refractivity contribution in [1.29, 1.82) is 0 Å². The first kappa shape index (κ1) is 16.8. The van der Waals surface area contributed by atoms with Crippen LogP contribution in [0.3, 0.4) is 0 Å². The quantitative estimate of drug-likeness (QED) is 0.732. The number of nitrogens with zero attached hydrogens (tertiary/aromatic N) is 2. The Hall–Kier alpha value is -0.210. The van der Waals surface area contributed by atoms with Gasteiger partial charge in [0.25, 0.3) is 10.2 Å². The minimum absolute atomic E-state index is 0.410. The highest BCUT2D eigenvalue weighted by atomic mass is 32.2. The zero-order valence-corrected chi connectivity index (χ0v) is 13.2. The van der Waals surface area contributed by atoms with E-state index in [2.05, 4.69) is 37.3 Å². The molecule has 0 unspecified atom stereocenters. The number of rotatable bonds is 7. The zero-order chi connectivity index (χ0) is 14.5. The highest BCUT2D eigenvalue weighted by Crippen LogP contribution is 2.05. The normalized spacial score (nSPS) is 18.7. The van der Waals surface area contributed by atoms with Gasteiger partial charge in [0.2, 0.25) is 0 Å². The topological polar surface area (TPSA) is 61.9 Å². The van der Waals surface area contributed by atoms with Gasteiger partial charge >= 0.3 is 0 Å². The van der Waals surface area contributed by atoms with Crippen molar-refractivity contribution in [3.05, 3.63) is 0 Å². The average molecular weight is 293 g/mol. The van der Waals surface area contributed by atoms with Gasteiger partial charge in [-0.05, 0) is 27.7 Å². The van der Waals surface area contributed by atoms with Gasteiger partial charge in [-0.15, -0.1) is 0 Å². The number of nitrogens with one attached hydrogen (secondary N) is 1. The Morgan fingerprint density at radius 3 is 2.16 bits per heavy atom. The fourth-order valence-electron chi connectivity index (χ4n) is 2.29. The number of hydrogen-bond acceptors (Lipinski definition) is 4. The summed E-state index contributed by atoms with van der Waals surface area (Å²) in [5, 5.41) is 0. The van der Waals surface area contributed by atoms with E-state index in [1.54, 1.807) is 0 Å². The van der Waals surface area contributed by atoms with Gasteiger partial charge in [-0.2, -0.15) is 12.7 Å². The molecular formula is C12H27N3O3S. The lowest BCUT2D eigenvalue weighted by Crippen LogP contribution is -2.49. The molecule has 0 aromatic rings. The van der Waals surface area contributed by atoms with Gasteiger partial charge in [-0.1, -0.05) is 0 Å². The second-order valence-electron chi connectivity index (χ2n) is 5.34. The molecule has 1 saturated heterocycles. The van der Waals surface area contributed by atoms with E-state index in [-0.39, 0.29) is 0 Å². The zero-order valence-electron chi connectivity index (χ0n) is 12.4. The van der Waals surface area contributed by atoms with E-state index < -0.39 is 10.2 Å². The largest absolute Gasteiger partial charge is 0.379 e. The lowest BCUT2D eigenvalue weighted by atomic mass is 10.2. The van der Waals surface area contributed by atoms with Crippen LogP contribution >= 0.6 is 0 Å². The van der Waals surface area contributed by atoms with Crippen LogP contribution in [0.25, 0.3) is 0 Å². The molecule has 114 valence electrons. The molecule has 1 N–H and O–H groups in total. The Balaban J connectivity index is 2.42. The number of ether oxygens (including phenoxy) is 1. The minimum Gasteiger partial charge on any atom is -0.379 e. The fourth-order valence-corrected chi connectivity index (χ4v) is 3.46. The third-order valence-corrected chi connectivity index (χ3v) is 4.90. The van der Waals surface area contributed by atoms with Gasteiger partial charge in [0, 0.05) is 38.3 Å². The van der Waals surface area contributed by atoms with Crippen molar-refractivity contribution in [3.8, 4) is 0 Å². The summed E-state index contributed by atoms with van der Waals surface area (Å²) in [6, 6.07) is 0.820.